The number of nitrogens with one attached hydrogen (secondary N) is 1. The number of hydrogen-bond donors (Lipinski definition) is 1. The third-order valence-electron chi connectivity index (χ3n) is 4.47. The molecule has 1 N–H and O–H groups in total. The van der Waals surface area contributed by atoms with E-state index in [2.05, 4.69) is 10.3 Å². The zero-order valence-electron chi connectivity index (χ0n) is 15.5. The van der Waals surface area contributed by atoms with Crippen molar-refractivity contribution in [2.45, 2.75) is 19.9 Å². The van der Waals surface area contributed by atoms with Gasteiger partial charge in [0.1, 0.15) is 17.6 Å². The van der Waals surface area contributed by atoms with E-state index in [4.69, 9.17) is 4.74 Å². The standard InChI is InChI=1S/C21H23N3O2/c1-14-9-10-16(15(2)13-14)21(25)23-19(20-22-11-12-24(20)3)17-7-5-6-8-18(17)26-4/h5-13,19H,1-4H3,(H,23,25). The summed E-state index contributed by atoms with van der Waals surface area (Å²) in [4.78, 5) is 17.4. The Kier molecular flexibility index (Phi) is 5.07. The molecule has 0 saturated carbocycles. The molecule has 0 aliphatic rings. The van der Waals surface area contributed by atoms with E-state index in [0.29, 0.717) is 11.3 Å². The maximum atomic E-state index is 13.0. The predicted molar refractivity (Wildman–Crippen MR) is 101 cm³/mol. The van der Waals surface area contributed by atoms with Gasteiger partial charge < -0.3 is 14.6 Å². The normalized spacial score (nSPS) is 11.8. The maximum Gasteiger partial charge on any atom is 0.252 e. The number of benzene rings is 2. The summed E-state index contributed by atoms with van der Waals surface area (Å²) in [5.74, 6) is 1.32. The Balaban J connectivity index is 2.02. The van der Waals surface area contributed by atoms with Gasteiger partial charge in [0.05, 0.1) is 7.11 Å². The molecule has 1 amide bonds. The fourth-order valence-electron chi connectivity index (χ4n) is 3.12. The van der Waals surface area contributed by atoms with Crippen LogP contribution in [0.2, 0.25) is 0 Å². The number of amides is 1. The Morgan fingerprint density at radius 3 is 2.62 bits per heavy atom. The molecule has 2 aromatic carbocycles. The first-order chi connectivity index (χ1) is 12.5. The van der Waals surface area contributed by atoms with Crippen LogP contribution < -0.4 is 10.1 Å². The number of nitrogens with zero attached hydrogens (tertiary/aromatic N) is 2. The van der Waals surface area contributed by atoms with Crippen LogP contribution in [0.15, 0.2) is 54.9 Å². The Bertz CT molecular complexity index is 931. The zero-order chi connectivity index (χ0) is 18.7. The molecule has 0 aliphatic carbocycles. The molecule has 134 valence electrons. The number of carbonyl (C=O) groups is 1. The van der Waals surface area contributed by atoms with Crippen LogP contribution in [0.25, 0.3) is 0 Å². The van der Waals surface area contributed by atoms with Gasteiger partial charge in [-0.2, -0.15) is 0 Å². The second-order valence-corrected chi connectivity index (χ2v) is 6.36. The Morgan fingerprint density at radius 1 is 1.19 bits per heavy atom. The molecular formula is C21H23N3O2. The molecule has 26 heavy (non-hydrogen) atoms. The second-order valence-electron chi connectivity index (χ2n) is 6.36. The first kappa shape index (κ1) is 17.7. The molecule has 0 saturated heterocycles. The fourth-order valence-corrected chi connectivity index (χ4v) is 3.12. The molecule has 3 aromatic rings. The summed E-state index contributed by atoms with van der Waals surface area (Å²) < 4.78 is 7.40. The molecule has 0 spiro atoms. The first-order valence-corrected chi connectivity index (χ1v) is 8.49. The molecule has 5 nitrogen and oxygen atoms in total. The summed E-state index contributed by atoms with van der Waals surface area (Å²) in [6.07, 6.45) is 3.59. The summed E-state index contributed by atoms with van der Waals surface area (Å²) >= 11 is 0. The van der Waals surface area contributed by atoms with Crippen molar-refractivity contribution in [3.63, 3.8) is 0 Å². The number of aromatic nitrogens is 2. The molecule has 3 rings (SSSR count). The number of ether oxygens (including phenoxy) is 1. The molecule has 5 heteroatoms. The lowest BCUT2D eigenvalue weighted by Gasteiger charge is -2.21. The van der Waals surface area contributed by atoms with E-state index in [1.54, 1.807) is 13.3 Å². The van der Waals surface area contributed by atoms with Gasteiger partial charge in [-0.05, 0) is 31.5 Å². The van der Waals surface area contributed by atoms with E-state index in [-0.39, 0.29) is 5.91 Å². The van der Waals surface area contributed by atoms with Crippen molar-refractivity contribution in [1.29, 1.82) is 0 Å². The van der Waals surface area contributed by atoms with Crippen LogP contribution in [0.1, 0.15) is 38.9 Å². The second kappa shape index (κ2) is 7.44. The number of aryl methyl sites for hydroxylation is 3. The van der Waals surface area contributed by atoms with Crippen molar-refractivity contribution in [2.75, 3.05) is 7.11 Å². The van der Waals surface area contributed by atoms with Crippen LogP contribution in [-0.2, 0) is 7.05 Å². The highest BCUT2D eigenvalue weighted by molar-refractivity contribution is 5.96. The van der Waals surface area contributed by atoms with E-state index >= 15 is 0 Å². The highest BCUT2D eigenvalue weighted by Crippen LogP contribution is 2.29. The van der Waals surface area contributed by atoms with E-state index in [0.717, 1.165) is 22.5 Å². The van der Waals surface area contributed by atoms with Crippen molar-refractivity contribution in [3.8, 4) is 5.75 Å². The van der Waals surface area contributed by atoms with E-state index < -0.39 is 6.04 Å². The van der Waals surface area contributed by atoms with Crippen molar-refractivity contribution in [2.24, 2.45) is 7.05 Å². The number of imidazole rings is 1. The summed E-state index contributed by atoms with van der Waals surface area (Å²) in [6, 6.07) is 13.1. The maximum absolute atomic E-state index is 13.0. The molecule has 1 aromatic heterocycles. The van der Waals surface area contributed by atoms with Gasteiger partial charge in [-0.1, -0.05) is 35.9 Å². The topological polar surface area (TPSA) is 56.1 Å². The Morgan fingerprint density at radius 2 is 1.96 bits per heavy atom. The lowest BCUT2D eigenvalue weighted by molar-refractivity contribution is 0.0940. The van der Waals surface area contributed by atoms with Crippen LogP contribution in [0, 0.1) is 13.8 Å². The van der Waals surface area contributed by atoms with Gasteiger partial charge in [-0.3, -0.25) is 4.79 Å². The number of para-hydroxylation sites is 1. The van der Waals surface area contributed by atoms with Crippen molar-refractivity contribution in [1.82, 2.24) is 14.9 Å². The minimum absolute atomic E-state index is 0.138. The summed E-state index contributed by atoms with van der Waals surface area (Å²) in [6.45, 7) is 3.96. The minimum Gasteiger partial charge on any atom is -0.496 e. The average Bonchev–Trinajstić information content (AvgIpc) is 3.05. The van der Waals surface area contributed by atoms with Gasteiger partial charge in [0.25, 0.3) is 5.91 Å². The molecule has 0 radical (unpaired) electrons. The Hall–Kier alpha value is -3.08. The van der Waals surface area contributed by atoms with Crippen LogP contribution in [0.4, 0.5) is 0 Å². The minimum atomic E-state index is -0.417. The van der Waals surface area contributed by atoms with Crippen molar-refractivity contribution < 1.29 is 9.53 Å². The van der Waals surface area contributed by atoms with Crippen molar-refractivity contribution in [3.05, 3.63) is 82.9 Å². The molecular weight excluding hydrogens is 326 g/mol. The zero-order valence-corrected chi connectivity index (χ0v) is 15.5. The smallest absolute Gasteiger partial charge is 0.252 e. The lowest BCUT2D eigenvalue weighted by atomic mass is 10.0. The molecule has 1 heterocycles. The summed E-state index contributed by atoms with van der Waals surface area (Å²) in [5.41, 5.74) is 3.60. The van der Waals surface area contributed by atoms with Crippen LogP contribution in [0.3, 0.4) is 0 Å². The third-order valence-corrected chi connectivity index (χ3v) is 4.47. The molecule has 1 atom stereocenters. The average molecular weight is 349 g/mol. The highest BCUT2D eigenvalue weighted by atomic mass is 16.5. The predicted octanol–water partition coefficient (Wildman–Crippen LogP) is 3.56. The third kappa shape index (κ3) is 3.47. The number of carbonyl (C=O) groups excluding carboxylic acids is 1. The molecule has 0 fully saturated rings. The van der Waals surface area contributed by atoms with Gasteiger partial charge in [0.15, 0.2) is 0 Å². The van der Waals surface area contributed by atoms with Gasteiger partial charge in [0, 0.05) is 30.6 Å². The van der Waals surface area contributed by atoms with E-state index in [9.17, 15) is 4.79 Å². The van der Waals surface area contributed by atoms with E-state index in [1.165, 1.54) is 0 Å². The van der Waals surface area contributed by atoms with Gasteiger partial charge in [0.2, 0.25) is 0 Å². The SMILES string of the molecule is COc1ccccc1C(NC(=O)c1ccc(C)cc1C)c1nccn1C. The summed E-state index contributed by atoms with van der Waals surface area (Å²) in [5, 5.41) is 3.13. The van der Waals surface area contributed by atoms with Crippen LogP contribution in [0.5, 0.6) is 5.75 Å². The summed E-state index contributed by atoms with van der Waals surface area (Å²) in [7, 11) is 3.54. The van der Waals surface area contributed by atoms with Crippen molar-refractivity contribution >= 4 is 5.91 Å². The highest BCUT2D eigenvalue weighted by Gasteiger charge is 2.24. The fraction of sp³-hybridized carbons (Fsp3) is 0.238. The monoisotopic (exact) mass is 349 g/mol. The van der Waals surface area contributed by atoms with E-state index in [1.807, 2.05) is 74.1 Å². The van der Waals surface area contributed by atoms with Gasteiger partial charge in [-0.15, -0.1) is 0 Å². The first-order valence-electron chi connectivity index (χ1n) is 8.49. The number of methoxy groups -OCH3 is 1. The largest absolute Gasteiger partial charge is 0.496 e. The Labute approximate surface area is 153 Å². The molecule has 0 bridgehead atoms. The number of rotatable bonds is 5. The van der Waals surface area contributed by atoms with Gasteiger partial charge in [-0.25, -0.2) is 4.98 Å². The quantitative estimate of drug-likeness (QED) is 0.766. The molecule has 1 unspecified atom stereocenters. The van der Waals surface area contributed by atoms with Gasteiger partial charge >= 0.3 is 0 Å². The van der Waals surface area contributed by atoms with Crippen LogP contribution >= 0.6 is 0 Å². The molecule has 0 aliphatic heterocycles. The number of hydrogen-bond acceptors (Lipinski definition) is 3. The lowest BCUT2D eigenvalue weighted by Crippen LogP contribution is -2.31. The van der Waals surface area contributed by atoms with Crippen LogP contribution in [-0.4, -0.2) is 22.6 Å².